The topological polar surface area (TPSA) is 237 Å². The van der Waals surface area contributed by atoms with Crippen molar-refractivity contribution in [2.45, 2.75) is 341 Å². The van der Waals surface area contributed by atoms with E-state index < -0.39 is 97.5 Å². The minimum Gasteiger partial charge on any atom is -0.462 e. The summed E-state index contributed by atoms with van der Waals surface area (Å²) in [5, 5.41) is 10.6. The average molecular weight is 1420 g/mol. The van der Waals surface area contributed by atoms with Crippen LogP contribution in [0.4, 0.5) is 0 Å². The summed E-state index contributed by atoms with van der Waals surface area (Å²) in [6, 6.07) is 0. The zero-order valence-electron chi connectivity index (χ0n) is 61.7. The fourth-order valence-electron chi connectivity index (χ4n) is 10.3. The number of ether oxygens (including phenoxy) is 4. The first kappa shape index (κ1) is 94.0. The summed E-state index contributed by atoms with van der Waals surface area (Å²) < 4.78 is 68.4. The molecule has 0 aromatic heterocycles. The molecule has 0 saturated heterocycles. The van der Waals surface area contributed by atoms with Crippen LogP contribution in [0.15, 0.2) is 97.2 Å². The van der Waals surface area contributed by atoms with Crippen molar-refractivity contribution in [3.63, 3.8) is 0 Å². The predicted molar refractivity (Wildman–Crippen MR) is 399 cm³/mol. The Balaban J connectivity index is 5.34. The van der Waals surface area contributed by atoms with Crippen molar-refractivity contribution >= 4 is 39.5 Å². The number of carbonyl (C=O) groups excluding carboxylic acids is 4. The maximum absolute atomic E-state index is 13.1. The van der Waals surface area contributed by atoms with Crippen molar-refractivity contribution in [3.8, 4) is 0 Å². The van der Waals surface area contributed by atoms with Crippen LogP contribution in [0, 0.1) is 0 Å². The zero-order chi connectivity index (χ0) is 71.8. The van der Waals surface area contributed by atoms with E-state index in [4.69, 9.17) is 37.0 Å². The SMILES string of the molecule is CC/C=C\C/C=C\C/C=C\C/C=C\CCCCCCCCC(=O)OCC(COP(=O)(O)OCC(O)COP(=O)(O)OCC(COC(=O)CCCCCCCCCCCCC)OC(=O)CCCCCCCCCCCCC)OC(=O)CCCCCC/C=C\C/C=C\C/C=C\C/C=C\CC. The first-order valence-electron chi connectivity index (χ1n) is 38.5. The minimum atomic E-state index is -4.98. The van der Waals surface area contributed by atoms with Gasteiger partial charge in [0.2, 0.25) is 0 Å². The van der Waals surface area contributed by atoms with E-state index in [2.05, 4.69) is 125 Å². The number of aliphatic hydroxyl groups excluding tert-OH is 1. The molecular weight excluding hydrogens is 1280 g/mol. The minimum absolute atomic E-state index is 0.0635. The Morgan fingerprint density at radius 1 is 0.296 bits per heavy atom. The van der Waals surface area contributed by atoms with Crippen LogP contribution in [0.2, 0.25) is 0 Å². The Morgan fingerprint density at radius 3 is 0.816 bits per heavy atom. The smallest absolute Gasteiger partial charge is 0.462 e. The molecule has 0 bridgehead atoms. The van der Waals surface area contributed by atoms with Crippen molar-refractivity contribution in [1.29, 1.82) is 0 Å². The van der Waals surface area contributed by atoms with Crippen LogP contribution in [0.5, 0.6) is 0 Å². The summed E-state index contributed by atoms with van der Waals surface area (Å²) in [6.45, 7) is 4.62. The highest BCUT2D eigenvalue weighted by atomic mass is 31.2. The third-order valence-electron chi connectivity index (χ3n) is 16.1. The lowest BCUT2D eigenvalue weighted by atomic mass is 10.1. The largest absolute Gasteiger partial charge is 0.472 e. The van der Waals surface area contributed by atoms with Gasteiger partial charge < -0.3 is 33.8 Å². The number of phosphoric ester groups is 2. The summed E-state index contributed by atoms with van der Waals surface area (Å²) in [4.78, 5) is 72.8. The Hall–Kier alpha value is -4.02. The number of hydrogen-bond acceptors (Lipinski definition) is 15. The number of carbonyl (C=O) groups is 4. The van der Waals surface area contributed by atoms with Crippen molar-refractivity contribution < 1.29 is 80.2 Å². The summed E-state index contributed by atoms with van der Waals surface area (Å²) in [7, 11) is -9.95. The van der Waals surface area contributed by atoms with Crippen LogP contribution in [0.3, 0.4) is 0 Å². The van der Waals surface area contributed by atoms with Gasteiger partial charge in [-0.25, -0.2) is 9.13 Å². The molecule has 0 aliphatic carbocycles. The summed E-state index contributed by atoms with van der Waals surface area (Å²) in [5.41, 5.74) is 0. The Morgan fingerprint density at radius 2 is 0.531 bits per heavy atom. The molecule has 0 aliphatic rings. The molecule has 3 N–H and O–H groups in total. The van der Waals surface area contributed by atoms with Gasteiger partial charge >= 0.3 is 39.5 Å². The number of hydrogen-bond donors (Lipinski definition) is 3. The average Bonchev–Trinajstić information content (AvgIpc) is 0.979. The zero-order valence-corrected chi connectivity index (χ0v) is 63.5. The molecule has 0 amide bonds. The third-order valence-corrected chi connectivity index (χ3v) is 18.0. The fraction of sp³-hybridized carbons (Fsp3) is 0.747. The van der Waals surface area contributed by atoms with Crippen LogP contribution in [-0.4, -0.2) is 96.7 Å². The number of rotatable bonds is 72. The first-order chi connectivity index (χ1) is 47.7. The first-order valence-corrected chi connectivity index (χ1v) is 41.5. The molecule has 0 aliphatic heterocycles. The van der Waals surface area contributed by atoms with Crippen molar-refractivity contribution in [1.82, 2.24) is 0 Å². The standard InChI is InChI=1S/C79H138O17P2/c1-5-9-13-17-21-25-29-31-33-35-36-38-39-41-45-48-52-56-60-64-77(82)90-70-75(96-79(84)66-62-58-54-50-46-42-40-37-34-32-30-26-22-18-14-10-6-2)72-94-98(87,88)92-68-73(80)67-91-97(85,86)93-71-74(95-78(83)65-61-57-53-49-44-28-24-20-16-12-8-4)69-89-76(81)63-59-55-51-47-43-27-23-19-15-11-7-3/h9-10,13-14,21-22,25-26,31-34,36,38,40,42,73-75,80H,5-8,11-12,15-20,23-24,27-30,35,37,39,41,43-72H2,1-4H3,(H,85,86)(H,87,88)/b13-9-,14-10-,25-21-,26-22-,33-31-,34-32-,38-36-,42-40-. The van der Waals surface area contributed by atoms with E-state index in [0.717, 1.165) is 161 Å². The van der Waals surface area contributed by atoms with E-state index in [9.17, 15) is 43.2 Å². The van der Waals surface area contributed by atoms with Gasteiger partial charge in [-0.2, -0.15) is 0 Å². The van der Waals surface area contributed by atoms with E-state index in [1.165, 1.54) is 83.5 Å². The maximum Gasteiger partial charge on any atom is 0.472 e. The highest BCUT2D eigenvalue weighted by Crippen LogP contribution is 2.45. The van der Waals surface area contributed by atoms with E-state index in [0.29, 0.717) is 25.7 Å². The monoisotopic (exact) mass is 1420 g/mol. The van der Waals surface area contributed by atoms with Gasteiger partial charge in [0.1, 0.15) is 19.3 Å². The van der Waals surface area contributed by atoms with Gasteiger partial charge in [-0.1, -0.05) is 292 Å². The number of phosphoric acid groups is 2. The Bertz CT molecular complexity index is 2240. The normalized spacial score (nSPS) is 14.5. The van der Waals surface area contributed by atoms with Crippen LogP contribution in [-0.2, 0) is 65.4 Å². The Labute approximate surface area is 595 Å². The Kier molecular flexibility index (Phi) is 68.4. The fourth-order valence-corrected chi connectivity index (χ4v) is 11.8. The number of unbranched alkanes of at least 4 members (excludes halogenated alkanes) is 30. The molecule has 98 heavy (non-hydrogen) atoms. The highest BCUT2D eigenvalue weighted by molar-refractivity contribution is 7.47. The van der Waals surface area contributed by atoms with Crippen molar-refractivity contribution in [2.24, 2.45) is 0 Å². The molecule has 17 nitrogen and oxygen atoms in total. The molecule has 0 heterocycles. The lowest BCUT2D eigenvalue weighted by Crippen LogP contribution is -2.30. The molecule has 0 rings (SSSR count). The van der Waals surface area contributed by atoms with Gasteiger partial charge in [0.25, 0.3) is 0 Å². The molecule has 5 atom stereocenters. The van der Waals surface area contributed by atoms with Gasteiger partial charge in [-0.15, -0.1) is 0 Å². The van der Waals surface area contributed by atoms with E-state index >= 15 is 0 Å². The number of esters is 4. The lowest BCUT2D eigenvalue weighted by Gasteiger charge is -2.21. The molecule has 0 radical (unpaired) electrons. The van der Waals surface area contributed by atoms with E-state index in [-0.39, 0.29) is 25.7 Å². The molecule has 0 saturated carbocycles. The second-order valence-electron chi connectivity index (χ2n) is 25.5. The molecule has 19 heteroatoms. The van der Waals surface area contributed by atoms with Crippen LogP contribution >= 0.6 is 15.6 Å². The third kappa shape index (κ3) is 70.4. The van der Waals surface area contributed by atoms with E-state index in [1.807, 2.05) is 0 Å². The van der Waals surface area contributed by atoms with Gasteiger partial charge in [-0.05, 0) is 103 Å². The number of aliphatic hydroxyl groups is 1. The molecule has 5 unspecified atom stereocenters. The second kappa shape index (κ2) is 71.4. The second-order valence-corrected chi connectivity index (χ2v) is 28.5. The van der Waals surface area contributed by atoms with Crippen LogP contribution < -0.4 is 0 Å². The number of allylic oxidation sites excluding steroid dienone is 16. The molecule has 0 fully saturated rings. The summed E-state index contributed by atoms with van der Waals surface area (Å²) in [5.74, 6) is -2.20. The maximum atomic E-state index is 13.1. The summed E-state index contributed by atoms with van der Waals surface area (Å²) >= 11 is 0. The molecule has 566 valence electrons. The molecular formula is C79H138O17P2. The van der Waals surface area contributed by atoms with Crippen molar-refractivity contribution in [2.75, 3.05) is 39.6 Å². The lowest BCUT2D eigenvalue weighted by molar-refractivity contribution is -0.161. The summed E-state index contributed by atoms with van der Waals surface area (Å²) in [6.07, 6.45) is 74.0. The van der Waals surface area contributed by atoms with E-state index in [1.54, 1.807) is 0 Å². The molecule has 0 spiro atoms. The highest BCUT2D eigenvalue weighted by Gasteiger charge is 2.30. The molecule has 0 aromatic rings. The van der Waals surface area contributed by atoms with Crippen molar-refractivity contribution in [3.05, 3.63) is 97.2 Å². The molecule has 0 aromatic carbocycles. The quantitative estimate of drug-likeness (QED) is 0.0169. The van der Waals surface area contributed by atoms with Gasteiger partial charge in [0.05, 0.1) is 26.4 Å². The van der Waals surface area contributed by atoms with Gasteiger partial charge in [0, 0.05) is 25.7 Å². The van der Waals surface area contributed by atoms with Gasteiger partial charge in [0.15, 0.2) is 12.2 Å². The van der Waals surface area contributed by atoms with Gasteiger partial charge in [-0.3, -0.25) is 37.3 Å². The predicted octanol–water partition coefficient (Wildman–Crippen LogP) is 22.0. The van der Waals surface area contributed by atoms with Crippen LogP contribution in [0.25, 0.3) is 0 Å². The van der Waals surface area contributed by atoms with Crippen LogP contribution in [0.1, 0.15) is 323 Å².